The summed E-state index contributed by atoms with van der Waals surface area (Å²) in [5.41, 5.74) is 4.90. The van der Waals surface area contributed by atoms with Crippen molar-refractivity contribution in [2.24, 2.45) is 0 Å². The molecule has 0 amide bonds. The molecule has 3 aromatic rings. The van der Waals surface area contributed by atoms with Crippen molar-refractivity contribution in [1.29, 1.82) is 0 Å². The summed E-state index contributed by atoms with van der Waals surface area (Å²) in [6, 6.07) is 13.8. The maximum absolute atomic E-state index is 5.14. The van der Waals surface area contributed by atoms with Gasteiger partial charge in [-0.05, 0) is 49.9 Å². The molecule has 4 heteroatoms. The predicted molar refractivity (Wildman–Crippen MR) is 146 cm³/mol. The van der Waals surface area contributed by atoms with Gasteiger partial charge in [0.2, 0.25) is 11.3 Å². The number of hydrogen-bond donors (Lipinski definition) is 0. The zero-order valence-electron chi connectivity index (χ0n) is 20.7. The van der Waals surface area contributed by atoms with Gasteiger partial charge in [0.15, 0.2) is 0 Å². The quantitative estimate of drug-likeness (QED) is 0.180. The minimum Gasteiger partial charge on any atom is -0.371 e. The molecule has 0 unspecified atom stereocenters. The number of aromatic nitrogens is 1. The summed E-state index contributed by atoms with van der Waals surface area (Å²) in [4.78, 5) is 10.2. The first kappa shape index (κ1) is 24.7. The van der Waals surface area contributed by atoms with E-state index >= 15 is 0 Å². The minimum absolute atomic E-state index is 1.13. The molecule has 0 N–H and O–H groups in total. The molecule has 0 aliphatic rings. The van der Waals surface area contributed by atoms with Crippen molar-refractivity contribution in [1.82, 2.24) is 4.98 Å². The maximum atomic E-state index is 5.14. The fraction of sp³-hybridized carbons (Fsp3) is 0.571. The summed E-state index contributed by atoms with van der Waals surface area (Å²) >= 11 is 1.86. The molecule has 1 heterocycles. The average Bonchev–Trinajstić information content (AvgIpc) is 2.82. The van der Waals surface area contributed by atoms with Crippen LogP contribution in [0.25, 0.3) is 20.4 Å². The highest BCUT2D eigenvalue weighted by Gasteiger charge is 2.17. The molecule has 0 spiro atoms. The molecule has 0 aliphatic heterocycles. The smallest absolute Gasteiger partial charge is 0.257 e. The van der Waals surface area contributed by atoms with Crippen LogP contribution in [-0.2, 0) is 0 Å². The Morgan fingerprint density at radius 1 is 0.594 bits per heavy atom. The molecule has 0 atom stereocenters. The van der Waals surface area contributed by atoms with Gasteiger partial charge in [0.1, 0.15) is 11.0 Å². The summed E-state index contributed by atoms with van der Waals surface area (Å²) in [6.45, 7) is 13.6. The largest absolute Gasteiger partial charge is 0.371 e. The second kappa shape index (κ2) is 12.9. The Morgan fingerprint density at radius 3 is 1.31 bits per heavy atom. The van der Waals surface area contributed by atoms with Crippen LogP contribution in [0.2, 0.25) is 0 Å². The van der Waals surface area contributed by atoms with Crippen molar-refractivity contribution >= 4 is 43.1 Å². The molecule has 0 aliphatic carbocycles. The lowest BCUT2D eigenvalue weighted by Crippen LogP contribution is -2.25. The van der Waals surface area contributed by atoms with E-state index in [1.807, 2.05) is 11.3 Å². The van der Waals surface area contributed by atoms with E-state index in [2.05, 4.69) is 73.9 Å². The molecule has 0 radical (unpaired) electrons. The first-order valence-corrected chi connectivity index (χ1v) is 13.7. The van der Waals surface area contributed by atoms with E-state index in [1.165, 1.54) is 72.1 Å². The van der Waals surface area contributed by atoms with Crippen molar-refractivity contribution in [3.05, 3.63) is 36.4 Å². The molecule has 2 aromatic carbocycles. The molecule has 3 rings (SSSR count). The van der Waals surface area contributed by atoms with Gasteiger partial charge in [-0.25, -0.2) is 4.98 Å². The van der Waals surface area contributed by atoms with E-state index in [-0.39, 0.29) is 0 Å². The molecule has 174 valence electrons. The van der Waals surface area contributed by atoms with Crippen LogP contribution in [0, 0.1) is 0 Å². The highest BCUT2D eigenvalue weighted by atomic mass is 32.1. The van der Waals surface area contributed by atoms with Crippen LogP contribution < -0.4 is 9.80 Å². The van der Waals surface area contributed by atoms with Gasteiger partial charge in [-0.1, -0.05) is 53.4 Å². The highest BCUT2D eigenvalue weighted by molar-refractivity contribution is 7.24. The molecule has 1 aromatic heterocycles. The van der Waals surface area contributed by atoms with Gasteiger partial charge in [0.05, 0.1) is 0 Å². The molecule has 0 fully saturated rings. The molecular formula is C28H42N3S+. The van der Waals surface area contributed by atoms with Crippen molar-refractivity contribution in [3.8, 4) is 0 Å². The third kappa shape index (κ3) is 6.54. The van der Waals surface area contributed by atoms with Gasteiger partial charge in [-0.15, -0.1) is 0 Å². The standard InChI is InChI=1S/C28H42N3S/c1-5-9-17-30(18-10-6-2)23-13-15-27-25(21-23)29-26-22-24(14-16-28(26)32-27)31(19-11-7-3)20-12-8-4/h13-16,21-22H,5-12,17-20H2,1-4H3/q+1. The van der Waals surface area contributed by atoms with Crippen molar-refractivity contribution < 1.29 is 0 Å². The lowest BCUT2D eigenvalue weighted by atomic mass is 10.2. The summed E-state index contributed by atoms with van der Waals surface area (Å²) in [7, 11) is 0. The van der Waals surface area contributed by atoms with E-state index < -0.39 is 0 Å². The zero-order valence-corrected chi connectivity index (χ0v) is 21.5. The van der Waals surface area contributed by atoms with Crippen LogP contribution >= 0.6 is 11.3 Å². The van der Waals surface area contributed by atoms with E-state index in [0.29, 0.717) is 0 Å². The summed E-state index contributed by atoms with van der Waals surface area (Å²) in [6.07, 6.45) is 9.89. The Bertz CT molecular complexity index is 880. The van der Waals surface area contributed by atoms with Crippen molar-refractivity contribution in [2.45, 2.75) is 79.1 Å². The minimum atomic E-state index is 1.13. The topological polar surface area (TPSA) is 19.4 Å². The third-order valence-electron chi connectivity index (χ3n) is 6.20. The van der Waals surface area contributed by atoms with Crippen molar-refractivity contribution in [2.75, 3.05) is 36.0 Å². The van der Waals surface area contributed by atoms with Gasteiger partial charge in [-0.2, -0.15) is 0 Å². The number of benzene rings is 2. The average molecular weight is 453 g/mol. The van der Waals surface area contributed by atoms with E-state index in [0.717, 1.165) is 37.2 Å². The number of unbranched alkanes of at least 4 members (excludes halogenated alkanes) is 4. The summed E-state index contributed by atoms with van der Waals surface area (Å²) in [5.74, 6) is 0. The Kier molecular flexibility index (Phi) is 9.98. The first-order valence-electron chi connectivity index (χ1n) is 12.9. The van der Waals surface area contributed by atoms with Crippen LogP contribution in [0.15, 0.2) is 36.4 Å². The number of anilines is 2. The van der Waals surface area contributed by atoms with Crippen LogP contribution in [-0.4, -0.2) is 31.2 Å². The molecule has 3 nitrogen and oxygen atoms in total. The van der Waals surface area contributed by atoms with Gasteiger partial charge >= 0.3 is 0 Å². The van der Waals surface area contributed by atoms with Crippen LogP contribution in [0.5, 0.6) is 0 Å². The van der Waals surface area contributed by atoms with Gasteiger partial charge in [-0.3, -0.25) is 0 Å². The van der Waals surface area contributed by atoms with Crippen LogP contribution in [0.3, 0.4) is 0 Å². The third-order valence-corrected chi connectivity index (χ3v) is 7.33. The Morgan fingerprint density at radius 2 is 0.969 bits per heavy atom. The van der Waals surface area contributed by atoms with Crippen LogP contribution in [0.4, 0.5) is 11.4 Å². The molecular weight excluding hydrogens is 410 g/mol. The van der Waals surface area contributed by atoms with E-state index in [1.54, 1.807) is 0 Å². The molecule has 0 bridgehead atoms. The monoisotopic (exact) mass is 452 g/mol. The normalized spacial score (nSPS) is 11.4. The number of rotatable bonds is 14. The van der Waals surface area contributed by atoms with Gasteiger partial charge < -0.3 is 9.80 Å². The zero-order chi connectivity index (χ0) is 22.8. The van der Waals surface area contributed by atoms with Crippen LogP contribution in [0.1, 0.15) is 79.1 Å². The lowest BCUT2D eigenvalue weighted by Gasteiger charge is -2.25. The highest BCUT2D eigenvalue weighted by Crippen LogP contribution is 2.31. The maximum Gasteiger partial charge on any atom is 0.257 e. The molecule has 0 saturated heterocycles. The Balaban J connectivity index is 1.94. The van der Waals surface area contributed by atoms with Gasteiger partial charge in [0, 0.05) is 49.7 Å². The fourth-order valence-corrected chi connectivity index (χ4v) is 5.06. The number of fused-ring (bicyclic) bond motifs is 2. The second-order valence-corrected chi connectivity index (χ2v) is 9.99. The Labute approximate surface area is 199 Å². The predicted octanol–water partition coefficient (Wildman–Crippen LogP) is 8.54. The van der Waals surface area contributed by atoms with Gasteiger partial charge in [0.25, 0.3) is 9.40 Å². The summed E-state index contributed by atoms with van der Waals surface area (Å²) < 4.78 is 2.54. The van der Waals surface area contributed by atoms with E-state index in [9.17, 15) is 0 Å². The SMILES string of the molecule is CCCCN(CCCC)c1ccc2[s+]c3ccc(N(CCCC)CCCC)cc3nc2c1. The first-order chi connectivity index (χ1) is 15.7. The van der Waals surface area contributed by atoms with E-state index in [4.69, 9.17) is 4.98 Å². The number of hydrogen-bond acceptors (Lipinski definition) is 3. The molecule has 32 heavy (non-hydrogen) atoms. The Hall–Kier alpha value is -1.94. The fourth-order valence-electron chi connectivity index (χ4n) is 4.14. The molecule has 0 saturated carbocycles. The second-order valence-electron chi connectivity index (χ2n) is 8.91. The van der Waals surface area contributed by atoms with Crippen molar-refractivity contribution in [3.63, 3.8) is 0 Å². The lowest BCUT2D eigenvalue weighted by molar-refractivity contribution is 0.678. The number of nitrogens with zero attached hydrogens (tertiary/aromatic N) is 3. The summed E-state index contributed by atoms with van der Waals surface area (Å²) in [5, 5.41) is 0.